The van der Waals surface area contributed by atoms with Gasteiger partial charge >= 0.3 is 0 Å². The van der Waals surface area contributed by atoms with Crippen LogP contribution in [0.5, 0.6) is 0 Å². The zero-order valence-electron chi connectivity index (χ0n) is 13.6. The van der Waals surface area contributed by atoms with Crippen molar-refractivity contribution in [2.24, 2.45) is 5.41 Å². The van der Waals surface area contributed by atoms with Crippen LogP contribution < -0.4 is 5.32 Å². The highest BCUT2D eigenvalue weighted by atomic mass is 32.2. The summed E-state index contributed by atoms with van der Waals surface area (Å²) < 4.78 is 0. The van der Waals surface area contributed by atoms with Gasteiger partial charge in [0.25, 0.3) is 0 Å². The van der Waals surface area contributed by atoms with Crippen molar-refractivity contribution in [1.82, 2.24) is 10.2 Å². The summed E-state index contributed by atoms with van der Waals surface area (Å²) in [6.07, 6.45) is 10.0. The van der Waals surface area contributed by atoms with E-state index in [1.807, 2.05) is 0 Å². The largest absolute Gasteiger partial charge is 0.316 e. The lowest BCUT2D eigenvalue weighted by Gasteiger charge is -2.41. The molecule has 3 heteroatoms. The van der Waals surface area contributed by atoms with Crippen LogP contribution in [0.4, 0.5) is 0 Å². The predicted molar refractivity (Wildman–Crippen MR) is 91.7 cm³/mol. The normalized spacial score (nSPS) is 28.2. The lowest BCUT2D eigenvalue weighted by Crippen LogP contribution is -2.48. The molecule has 0 radical (unpaired) electrons. The zero-order valence-corrected chi connectivity index (χ0v) is 14.4. The van der Waals surface area contributed by atoms with Gasteiger partial charge in [-0.25, -0.2) is 0 Å². The fraction of sp³-hybridized carbons (Fsp3) is 1.00. The summed E-state index contributed by atoms with van der Waals surface area (Å²) in [6.45, 7) is 10.9. The van der Waals surface area contributed by atoms with Crippen molar-refractivity contribution in [3.8, 4) is 0 Å². The van der Waals surface area contributed by atoms with Gasteiger partial charge in [-0.15, -0.1) is 0 Å². The Labute approximate surface area is 130 Å². The molecule has 1 unspecified atom stereocenters. The summed E-state index contributed by atoms with van der Waals surface area (Å²) in [5.41, 5.74) is 0.562. The quantitative estimate of drug-likeness (QED) is 0.752. The highest BCUT2D eigenvalue weighted by molar-refractivity contribution is 8.00. The molecule has 1 N–H and O–H groups in total. The standard InChI is InChI=1S/C17H34N2S/c1-3-16-13-19(11-12-20-16)15-17(14-18-4-2)9-7-5-6-8-10-17/h16,18H,3-15H2,1-2H3. The van der Waals surface area contributed by atoms with E-state index in [9.17, 15) is 0 Å². The summed E-state index contributed by atoms with van der Waals surface area (Å²) in [7, 11) is 0. The molecule has 0 spiro atoms. The van der Waals surface area contributed by atoms with Crippen molar-refractivity contribution in [2.75, 3.05) is 38.5 Å². The lowest BCUT2D eigenvalue weighted by atomic mass is 9.79. The number of hydrogen-bond donors (Lipinski definition) is 1. The average molecular weight is 299 g/mol. The molecule has 2 fully saturated rings. The first-order valence-electron chi connectivity index (χ1n) is 8.83. The zero-order chi connectivity index (χ0) is 14.3. The van der Waals surface area contributed by atoms with E-state index in [1.54, 1.807) is 0 Å². The molecule has 1 atom stereocenters. The van der Waals surface area contributed by atoms with Crippen molar-refractivity contribution in [3.63, 3.8) is 0 Å². The first-order chi connectivity index (χ1) is 9.78. The van der Waals surface area contributed by atoms with Crippen LogP contribution in [0.25, 0.3) is 0 Å². The molecule has 1 aliphatic carbocycles. The highest BCUT2D eigenvalue weighted by Crippen LogP contribution is 2.36. The van der Waals surface area contributed by atoms with Gasteiger partial charge in [0.05, 0.1) is 0 Å². The van der Waals surface area contributed by atoms with Crippen molar-refractivity contribution in [2.45, 2.75) is 64.0 Å². The van der Waals surface area contributed by atoms with Crippen LogP contribution >= 0.6 is 11.8 Å². The van der Waals surface area contributed by atoms with Gasteiger partial charge in [0.1, 0.15) is 0 Å². The highest BCUT2D eigenvalue weighted by Gasteiger charge is 2.33. The molecule has 2 nitrogen and oxygen atoms in total. The average Bonchev–Trinajstić information content (AvgIpc) is 2.71. The van der Waals surface area contributed by atoms with Crippen molar-refractivity contribution in [3.05, 3.63) is 0 Å². The molecule has 2 aliphatic rings. The minimum Gasteiger partial charge on any atom is -0.316 e. The van der Waals surface area contributed by atoms with Crippen LogP contribution in [0, 0.1) is 5.41 Å². The lowest BCUT2D eigenvalue weighted by molar-refractivity contribution is 0.129. The third-order valence-electron chi connectivity index (χ3n) is 5.15. The minimum absolute atomic E-state index is 0.562. The maximum Gasteiger partial charge on any atom is 0.0172 e. The van der Waals surface area contributed by atoms with Crippen LogP contribution in [0.15, 0.2) is 0 Å². The fourth-order valence-electron chi connectivity index (χ4n) is 3.90. The molecule has 20 heavy (non-hydrogen) atoms. The number of rotatable bonds is 6. The molecule has 0 aromatic rings. The Balaban J connectivity index is 1.94. The second-order valence-electron chi connectivity index (χ2n) is 6.83. The number of nitrogens with one attached hydrogen (secondary N) is 1. The van der Waals surface area contributed by atoms with Crippen LogP contribution in [0.1, 0.15) is 58.8 Å². The second-order valence-corrected chi connectivity index (χ2v) is 8.24. The summed E-state index contributed by atoms with van der Waals surface area (Å²) >= 11 is 2.19. The molecule has 0 amide bonds. The Kier molecular flexibility index (Phi) is 7.20. The van der Waals surface area contributed by atoms with Gasteiger partial charge < -0.3 is 10.2 Å². The Morgan fingerprint density at radius 3 is 2.55 bits per heavy atom. The van der Waals surface area contributed by atoms with Crippen LogP contribution in [-0.2, 0) is 0 Å². The second kappa shape index (κ2) is 8.65. The van der Waals surface area contributed by atoms with Gasteiger partial charge in [-0.1, -0.05) is 39.5 Å². The van der Waals surface area contributed by atoms with E-state index >= 15 is 0 Å². The maximum absolute atomic E-state index is 3.67. The van der Waals surface area contributed by atoms with Gasteiger partial charge in [-0.3, -0.25) is 0 Å². The third kappa shape index (κ3) is 4.92. The van der Waals surface area contributed by atoms with Crippen LogP contribution in [0.3, 0.4) is 0 Å². The molecular weight excluding hydrogens is 264 g/mol. The molecule has 0 bridgehead atoms. The van der Waals surface area contributed by atoms with Gasteiger partial charge in [0, 0.05) is 37.2 Å². The minimum atomic E-state index is 0.562. The molecule has 1 saturated carbocycles. The Bertz CT molecular complexity index is 262. The number of hydrogen-bond acceptors (Lipinski definition) is 3. The van der Waals surface area contributed by atoms with E-state index < -0.39 is 0 Å². The van der Waals surface area contributed by atoms with E-state index in [0.29, 0.717) is 5.41 Å². The van der Waals surface area contributed by atoms with Gasteiger partial charge in [-0.2, -0.15) is 11.8 Å². The molecule has 1 aliphatic heterocycles. The summed E-state index contributed by atoms with van der Waals surface area (Å²) in [6, 6.07) is 0. The summed E-state index contributed by atoms with van der Waals surface area (Å²) in [5, 5.41) is 4.55. The monoisotopic (exact) mass is 298 g/mol. The van der Waals surface area contributed by atoms with E-state index in [2.05, 4.69) is 35.8 Å². The molecule has 0 aromatic heterocycles. The molecule has 118 valence electrons. The number of thioether (sulfide) groups is 1. The third-order valence-corrected chi connectivity index (χ3v) is 6.52. The Morgan fingerprint density at radius 1 is 1.15 bits per heavy atom. The molecule has 2 rings (SSSR count). The topological polar surface area (TPSA) is 15.3 Å². The smallest absolute Gasteiger partial charge is 0.0172 e. The van der Waals surface area contributed by atoms with Gasteiger partial charge in [0.2, 0.25) is 0 Å². The van der Waals surface area contributed by atoms with Gasteiger partial charge in [-0.05, 0) is 31.2 Å². The molecule has 1 heterocycles. The van der Waals surface area contributed by atoms with E-state index in [-0.39, 0.29) is 0 Å². The van der Waals surface area contributed by atoms with Crippen LogP contribution in [0.2, 0.25) is 0 Å². The van der Waals surface area contributed by atoms with Crippen molar-refractivity contribution in [1.29, 1.82) is 0 Å². The predicted octanol–water partition coefficient (Wildman–Crippen LogP) is 3.76. The van der Waals surface area contributed by atoms with E-state index in [4.69, 9.17) is 0 Å². The Morgan fingerprint density at radius 2 is 1.90 bits per heavy atom. The summed E-state index contributed by atoms with van der Waals surface area (Å²) in [4.78, 5) is 2.79. The first kappa shape index (κ1) is 16.6. The summed E-state index contributed by atoms with van der Waals surface area (Å²) in [5.74, 6) is 1.34. The van der Waals surface area contributed by atoms with Crippen molar-refractivity contribution >= 4 is 11.8 Å². The maximum atomic E-state index is 3.67. The van der Waals surface area contributed by atoms with E-state index in [1.165, 1.54) is 76.9 Å². The van der Waals surface area contributed by atoms with Crippen molar-refractivity contribution < 1.29 is 0 Å². The molecule has 1 saturated heterocycles. The molecular formula is C17H34N2S. The fourth-order valence-corrected chi connectivity index (χ4v) is 5.15. The molecule has 0 aromatic carbocycles. The van der Waals surface area contributed by atoms with Crippen LogP contribution in [-0.4, -0.2) is 48.6 Å². The van der Waals surface area contributed by atoms with Gasteiger partial charge in [0.15, 0.2) is 0 Å². The Hall–Kier alpha value is 0.270. The SMILES string of the molecule is CCNCC1(CN2CCSC(CC)C2)CCCCCC1. The van der Waals surface area contributed by atoms with E-state index in [0.717, 1.165) is 11.8 Å². The first-order valence-corrected chi connectivity index (χ1v) is 9.87. The number of nitrogens with zero attached hydrogens (tertiary/aromatic N) is 1.